The molecule has 0 bridgehead atoms. The Bertz CT molecular complexity index is 597. The van der Waals surface area contributed by atoms with Crippen molar-refractivity contribution >= 4 is 21.6 Å². The maximum Gasteiger partial charge on any atom is 0.146 e. The second kappa shape index (κ2) is 5.33. The second-order valence-electron chi connectivity index (χ2n) is 4.86. The molecule has 98 valence electrons. The summed E-state index contributed by atoms with van der Waals surface area (Å²) in [5.74, 6) is -0.128. The minimum atomic E-state index is -0.128. The van der Waals surface area contributed by atoms with Gasteiger partial charge >= 0.3 is 0 Å². The van der Waals surface area contributed by atoms with Crippen molar-refractivity contribution in [1.29, 1.82) is 0 Å². The topological polar surface area (TPSA) is 3.24 Å². The van der Waals surface area contributed by atoms with Crippen molar-refractivity contribution in [3.63, 3.8) is 0 Å². The van der Waals surface area contributed by atoms with E-state index in [9.17, 15) is 4.39 Å². The lowest BCUT2D eigenvalue weighted by Gasteiger charge is -2.31. The standard InChI is InChI=1S/C16H15BrFN/c17-10-12-5-6-16(15(18)9-12)19-8-7-13-3-1-2-4-14(13)11-19/h1-6,9H,7-8,10-11H2. The van der Waals surface area contributed by atoms with E-state index in [-0.39, 0.29) is 5.82 Å². The number of hydrogen-bond acceptors (Lipinski definition) is 1. The van der Waals surface area contributed by atoms with Crippen LogP contribution in [0, 0.1) is 5.82 Å². The highest BCUT2D eigenvalue weighted by atomic mass is 79.9. The van der Waals surface area contributed by atoms with E-state index in [1.807, 2.05) is 18.2 Å². The van der Waals surface area contributed by atoms with E-state index in [0.717, 1.165) is 25.1 Å². The summed E-state index contributed by atoms with van der Waals surface area (Å²) < 4.78 is 14.1. The number of hydrogen-bond donors (Lipinski definition) is 0. The molecule has 0 spiro atoms. The van der Waals surface area contributed by atoms with Gasteiger partial charge in [-0.3, -0.25) is 0 Å². The fourth-order valence-electron chi connectivity index (χ4n) is 2.59. The van der Waals surface area contributed by atoms with Crippen LogP contribution < -0.4 is 4.90 Å². The molecule has 0 aromatic heterocycles. The van der Waals surface area contributed by atoms with Gasteiger partial charge in [-0.25, -0.2) is 4.39 Å². The van der Waals surface area contributed by atoms with Crippen LogP contribution in [-0.4, -0.2) is 6.54 Å². The molecule has 0 aliphatic carbocycles. The number of anilines is 1. The first-order chi connectivity index (χ1) is 9.28. The lowest BCUT2D eigenvalue weighted by Crippen LogP contribution is -2.30. The van der Waals surface area contributed by atoms with Crippen LogP contribution in [0.25, 0.3) is 0 Å². The molecular formula is C16H15BrFN. The molecule has 0 amide bonds. The number of alkyl halides is 1. The van der Waals surface area contributed by atoms with E-state index in [1.54, 1.807) is 6.07 Å². The highest BCUT2D eigenvalue weighted by molar-refractivity contribution is 9.08. The van der Waals surface area contributed by atoms with Gasteiger partial charge in [0.25, 0.3) is 0 Å². The Balaban J connectivity index is 1.89. The average Bonchev–Trinajstić information content (AvgIpc) is 2.46. The van der Waals surface area contributed by atoms with Gasteiger partial charge in [0.15, 0.2) is 0 Å². The maximum atomic E-state index is 14.1. The Labute approximate surface area is 121 Å². The first-order valence-corrected chi connectivity index (χ1v) is 7.56. The van der Waals surface area contributed by atoms with Crippen LogP contribution in [-0.2, 0) is 18.3 Å². The van der Waals surface area contributed by atoms with Gasteiger partial charge in [-0.2, -0.15) is 0 Å². The van der Waals surface area contributed by atoms with Crippen LogP contribution in [0.4, 0.5) is 10.1 Å². The molecule has 1 heterocycles. The van der Waals surface area contributed by atoms with Gasteiger partial charge in [0.2, 0.25) is 0 Å². The SMILES string of the molecule is Fc1cc(CBr)ccc1N1CCc2ccccc2C1. The molecule has 0 radical (unpaired) electrons. The third kappa shape index (κ3) is 2.52. The zero-order valence-corrected chi connectivity index (χ0v) is 12.2. The molecule has 0 N–H and O–H groups in total. The zero-order chi connectivity index (χ0) is 13.2. The number of nitrogens with zero attached hydrogens (tertiary/aromatic N) is 1. The fourth-order valence-corrected chi connectivity index (χ4v) is 2.94. The molecule has 2 aromatic carbocycles. The summed E-state index contributed by atoms with van der Waals surface area (Å²) in [6.07, 6.45) is 0.982. The number of halogens is 2. The first kappa shape index (κ1) is 12.7. The summed E-state index contributed by atoms with van der Waals surface area (Å²) in [6, 6.07) is 13.9. The molecule has 1 aliphatic rings. The van der Waals surface area contributed by atoms with Gasteiger partial charge in [-0.1, -0.05) is 46.3 Å². The summed E-state index contributed by atoms with van der Waals surface area (Å²) in [7, 11) is 0. The summed E-state index contributed by atoms with van der Waals surface area (Å²) in [4.78, 5) is 2.12. The predicted molar refractivity (Wildman–Crippen MR) is 80.2 cm³/mol. The van der Waals surface area contributed by atoms with Crippen molar-refractivity contribution in [2.45, 2.75) is 18.3 Å². The van der Waals surface area contributed by atoms with E-state index >= 15 is 0 Å². The van der Waals surface area contributed by atoms with Crippen molar-refractivity contribution in [3.8, 4) is 0 Å². The molecule has 0 atom stereocenters. The Morgan fingerprint density at radius 2 is 1.89 bits per heavy atom. The fraction of sp³-hybridized carbons (Fsp3) is 0.250. The Morgan fingerprint density at radius 1 is 1.11 bits per heavy atom. The lowest BCUT2D eigenvalue weighted by molar-refractivity contribution is 0.609. The molecule has 19 heavy (non-hydrogen) atoms. The average molecular weight is 320 g/mol. The van der Waals surface area contributed by atoms with Crippen LogP contribution in [0.5, 0.6) is 0 Å². The van der Waals surface area contributed by atoms with E-state index in [2.05, 4.69) is 39.0 Å². The minimum Gasteiger partial charge on any atom is -0.364 e. The van der Waals surface area contributed by atoms with Gasteiger partial charge in [0, 0.05) is 18.4 Å². The Hall–Kier alpha value is -1.35. The van der Waals surface area contributed by atoms with Crippen LogP contribution in [0.1, 0.15) is 16.7 Å². The molecule has 1 aliphatic heterocycles. The monoisotopic (exact) mass is 319 g/mol. The molecule has 3 rings (SSSR count). The zero-order valence-electron chi connectivity index (χ0n) is 10.6. The van der Waals surface area contributed by atoms with Gasteiger partial charge in [0.1, 0.15) is 5.82 Å². The van der Waals surface area contributed by atoms with Crippen LogP contribution in [0.3, 0.4) is 0 Å². The summed E-state index contributed by atoms with van der Waals surface area (Å²) in [5.41, 5.74) is 4.37. The van der Waals surface area contributed by atoms with E-state index in [1.165, 1.54) is 11.1 Å². The minimum absolute atomic E-state index is 0.128. The van der Waals surface area contributed by atoms with Gasteiger partial charge in [0.05, 0.1) is 5.69 Å². The third-order valence-corrected chi connectivity index (χ3v) is 4.29. The predicted octanol–water partition coefficient (Wildman–Crippen LogP) is 4.28. The summed E-state index contributed by atoms with van der Waals surface area (Å²) in [6.45, 7) is 1.67. The highest BCUT2D eigenvalue weighted by Gasteiger charge is 2.18. The second-order valence-corrected chi connectivity index (χ2v) is 5.42. The van der Waals surface area contributed by atoms with Gasteiger partial charge in [-0.05, 0) is 35.2 Å². The smallest absolute Gasteiger partial charge is 0.146 e. The van der Waals surface area contributed by atoms with E-state index < -0.39 is 0 Å². The van der Waals surface area contributed by atoms with Crippen LogP contribution in [0.15, 0.2) is 42.5 Å². The lowest BCUT2D eigenvalue weighted by atomic mass is 9.99. The van der Waals surface area contributed by atoms with Crippen molar-refractivity contribution in [2.24, 2.45) is 0 Å². The van der Waals surface area contributed by atoms with Crippen molar-refractivity contribution in [1.82, 2.24) is 0 Å². The van der Waals surface area contributed by atoms with Crippen molar-refractivity contribution in [2.75, 3.05) is 11.4 Å². The Kier molecular flexibility index (Phi) is 3.56. The molecule has 0 saturated heterocycles. The first-order valence-electron chi connectivity index (χ1n) is 6.44. The molecular weight excluding hydrogens is 305 g/mol. The number of rotatable bonds is 2. The normalized spacial score (nSPS) is 14.3. The molecule has 3 heteroatoms. The summed E-state index contributed by atoms with van der Waals surface area (Å²) in [5, 5.41) is 0.688. The third-order valence-electron chi connectivity index (χ3n) is 3.64. The van der Waals surface area contributed by atoms with Crippen molar-refractivity contribution < 1.29 is 4.39 Å². The molecule has 0 fully saturated rings. The maximum absolute atomic E-state index is 14.1. The van der Waals surface area contributed by atoms with Crippen molar-refractivity contribution in [3.05, 3.63) is 65.0 Å². The quantitative estimate of drug-likeness (QED) is 0.747. The van der Waals surface area contributed by atoms with Gasteiger partial charge < -0.3 is 4.90 Å². The van der Waals surface area contributed by atoms with Crippen LogP contribution >= 0.6 is 15.9 Å². The molecule has 0 unspecified atom stereocenters. The van der Waals surface area contributed by atoms with E-state index in [0.29, 0.717) is 11.0 Å². The number of benzene rings is 2. The Morgan fingerprint density at radius 3 is 2.63 bits per heavy atom. The largest absolute Gasteiger partial charge is 0.364 e. The van der Waals surface area contributed by atoms with E-state index in [4.69, 9.17) is 0 Å². The molecule has 2 aromatic rings. The molecule has 1 nitrogen and oxygen atoms in total. The van der Waals surface area contributed by atoms with Crippen LogP contribution in [0.2, 0.25) is 0 Å². The summed E-state index contributed by atoms with van der Waals surface area (Å²) >= 11 is 3.35. The van der Waals surface area contributed by atoms with Gasteiger partial charge in [-0.15, -0.1) is 0 Å². The molecule has 0 saturated carbocycles. The number of fused-ring (bicyclic) bond motifs is 1. The highest BCUT2D eigenvalue weighted by Crippen LogP contribution is 2.27.